The Morgan fingerprint density at radius 2 is 1.48 bits per heavy atom. The number of hydrogen-bond donors (Lipinski definition) is 4. The molecule has 0 aromatic heterocycles. The Labute approximate surface area is 362 Å². The molecular formula is C47H50FNO14. The summed E-state index contributed by atoms with van der Waals surface area (Å²) in [4.78, 5) is 83.4. The lowest BCUT2D eigenvalue weighted by atomic mass is 9.44. The monoisotopic (exact) mass is 871 g/mol. The molecule has 0 radical (unpaired) electrons. The molecule has 7 rings (SSSR count). The number of carbonyl (C=O) groups is 6. The van der Waals surface area contributed by atoms with Crippen molar-refractivity contribution in [2.24, 2.45) is 16.7 Å². The summed E-state index contributed by atoms with van der Waals surface area (Å²) in [5, 5.41) is 40.2. The predicted molar refractivity (Wildman–Crippen MR) is 218 cm³/mol. The Morgan fingerprint density at radius 3 is 2.05 bits per heavy atom. The van der Waals surface area contributed by atoms with Crippen LogP contribution in [0.4, 0.5) is 4.39 Å². The van der Waals surface area contributed by atoms with Crippen molar-refractivity contribution in [3.8, 4) is 0 Å². The number of hydrogen-bond acceptors (Lipinski definition) is 14. The molecule has 15 nitrogen and oxygen atoms in total. The Kier molecular flexibility index (Phi) is 12.0. The molecule has 1 heterocycles. The van der Waals surface area contributed by atoms with Gasteiger partial charge < -0.3 is 44.3 Å². The average molecular weight is 872 g/mol. The topological polar surface area (TPSA) is 221 Å². The molecule has 1 aliphatic heterocycles. The summed E-state index contributed by atoms with van der Waals surface area (Å²) < 4.78 is 44.2. The number of benzene rings is 3. The van der Waals surface area contributed by atoms with Crippen LogP contribution in [0.2, 0.25) is 0 Å². The maximum absolute atomic E-state index is 15.5. The number of nitrogens with one attached hydrogen (secondary N) is 1. The standard InChI is InChI=1S/C47H50FNO14/c1-24-31(61-43(57)36(53)35(27-13-9-7-10-14-27)49-41(55)28-15-11-8-12-16-28)22-47(58)40(62-42(56)29-17-19-30(48)20-18-29)38-45(6,32(52)21-33-46(38,23-59-33)63-26(3)51)39(54)37(60-25(2)50)34(24)44(47,4)5/h7-20,31-33,35-38,40,52-53,58H,21-23H2,1-6H3,(H,49,55)/t31-,32-,33?,35-,36+,37+,38-,40-,45+,46-,47+/m0/s1. The van der Waals surface area contributed by atoms with E-state index in [-0.39, 0.29) is 35.3 Å². The van der Waals surface area contributed by atoms with E-state index in [4.69, 9.17) is 23.7 Å². The third-order valence-electron chi connectivity index (χ3n) is 13.6. The summed E-state index contributed by atoms with van der Waals surface area (Å²) in [6.45, 7) is 7.69. The number of aliphatic hydroxyl groups is 3. The first-order valence-corrected chi connectivity index (χ1v) is 20.6. The number of esters is 4. The van der Waals surface area contributed by atoms with Crippen LogP contribution >= 0.6 is 0 Å². The molecule has 1 unspecified atom stereocenters. The summed E-state index contributed by atoms with van der Waals surface area (Å²) in [5.74, 6) is -7.92. The molecule has 2 saturated carbocycles. The second kappa shape index (κ2) is 16.7. The molecule has 1 amide bonds. The van der Waals surface area contributed by atoms with E-state index in [2.05, 4.69) is 5.32 Å². The van der Waals surface area contributed by atoms with Crippen LogP contribution in [0.15, 0.2) is 96.1 Å². The van der Waals surface area contributed by atoms with Crippen molar-refractivity contribution in [1.82, 2.24) is 5.32 Å². The highest BCUT2D eigenvalue weighted by atomic mass is 19.1. The molecule has 3 aliphatic carbocycles. The molecular weight excluding hydrogens is 822 g/mol. The number of ether oxygens (including phenoxy) is 5. The summed E-state index contributed by atoms with van der Waals surface area (Å²) in [6.07, 6.45) is -10.9. The maximum atomic E-state index is 15.5. The smallest absolute Gasteiger partial charge is 0.338 e. The number of Topliss-reactive ketones (excluding diaryl/α,β-unsaturated/α-hetero) is 1. The first kappa shape index (κ1) is 45.2. The van der Waals surface area contributed by atoms with Gasteiger partial charge in [-0.05, 0) is 67.0 Å². The van der Waals surface area contributed by atoms with Crippen LogP contribution in [-0.4, -0.2) is 105 Å². The van der Waals surface area contributed by atoms with Gasteiger partial charge in [-0.1, -0.05) is 62.4 Å². The molecule has 334 valence electrons. The first-order chi connectivity index (χ1) is 29.7. The van der Waals surface area contributed by atoms with Crippen molar-refractivity contribution in [3.63, 3.8) is 0 Å². The summed E-state index contributed by atoms with van der Waals surface area (Å²) in [6, 6.07) is 19.2. The fraction of sp³-hybridized carbons (Fsp3) is 0.447. The molecule has 3 aromatic carbocycles. The minimum Gasteiger partial charge on any atom is -0.456 e. The van der Waals surface area contributed by atoms with Gasteiger partial charge in [0.1, 0.15) is 29.7 Å². The van der Waals surface area contributed by atoms with E-state index < -0.39 is 118 Å². The van der Waals surface area contributed by atoms with Gasteiger partial charge >= 0.3 is 23.9 Å². The van der Waals surface area contributed by atoms with E-state index in [1.807, 2.05) is 0 Å². The number of aliphatic hydroxyl groups excluding tert-OH is 2. The molecule has 16 heteroatoms. The van der Waals surface area contributed by atoms with Crippen LogP contribution in [-0.2, 0) is 42.9 Å². The number of ketones is 1. The fourth-order valence-electron chi connectivity index (χ4n) is 10.2. The minimum absolute atomic E-state index is 0.0519. The summed E-state index contributed by atoms with van der Waals surface area (Å²) >= 11 is 0. The highest BCUT2D eigenvalue weighted by molar-refractivity contribution is 5.96. The molecule has 1 saturated heterocycles. The Bertz CT molecular complexity index is 2340. The molecule has 4 N–H and O–H groups in total. The highest BCUT2D eigenvalue weighted by Crippen LogP contribution is 2.64. The van der Waals surface area contributed by atoms with Gasteiger partial charge in [0.15, 0.2) is 23.6 Å². The van der Waals surface area contributed by atoms with Gasteiger partial charge in [-0.2, -0.15) is 0 Å². The van der Waals surface area contributed by atoms with E-state index in [1.54, 1.807) is 60.7 Å². The van der Waals surface area contributed by atoms with E-state index in [0.29, 0.717) is 5.56 Å². The third kappa shape index (κ3) is 7.62. The Balaban J connectivity index is 1.39. The molecule has 4 aliphatic rings. The largest absolute Gasteiger partial charge is 0.456 e. The molecule has 63 heavy (non-hydrogen) atoms. The maximum Gasteiger partial charge on any atom is 0.338 e. The van der Waals surface area contributed by atoms with Crippen molar-refractivity contribution in [2.45, 2.75) is 108 Å². The molecule has 11 atom stereocenters. The SMILES string of the molecule is CC(=O)O[C@H]1C(=O)[C@]2(C)[C@@H](O)CC3OC[C@@]3(OC(C)=O)[C@H]2[C@H](OC(=O)c2ccc(F)cc2)[C@]2(O)C[C@H](OC(=O)[C@H](O)[C@@H](NC(=O)c3ccccc3)c3ccccc3)C(C)=C1C2(C)C. The van der Waals surface area contributed by atoms with Crippen LogP contribution < -0.4 is 5.32 Å². The molecule has 2 bridgehead atoms. The fourth-order valence-corrected chi connectivity index (χ4v) is 10.2. The van der Waals surface area contributed by atoms with Gasteiger partial charge in [-0.25, -0.2) is 14.0 Å². The lowest BCUT2D eigenvalue weighted by Crippen LogP contribution is -2.82. The van der Waals surface area contributed by atoms with E-state index >= 15 is 4.79 Å². The van der Waals surface area contributed by atoms with Gasteiger partial charge in [0, 0.05) is 37.7 Å². The second-order valence-electron chi connectivity index (χ2n) is 17.5. The molecule has 3 aromatic rings. The molecule has 0 spiro atoms. The minimum atomic E-state index is -2.47. The lowest BCUT2D eigenvalue weighted by molar-refractivity contribution is -0.346. The van der Waals surface area contributed by atoms with Crippen molar-refractivity contribution in [1.29, 1.82) is 0 Å². The number of rotatable bonds is 10. The van der Waals surface area contributed by atoms with Gasteiger partial charge in [0.2, 0.25) is 0 Å². The van der Waals surface area contributed by atoms with Crippen LogP contribution in [0.3, 0.4) is 0 Å². The predicted octanol–water partition coefficient (Wildman–Crippen LogP) is 3.87. The highest BCUT2D eigenvalue weighted by Gasteiger charge is 2.78. The molecule has 3 fully saturated rings. The van der Waals surface area contributed by atoms with Crippen molar-refractivity contribution in [3.05, 3.63) is 119 Å². The third-order valence-corrected chi connectivity index (χ3v) is 13.6. The average Bonchev–Trinajstić information content (AvgIpc) is 3.24. The quantitative estimate of drug-likeness (QED) is 0.129. The van der Waals surface area contributed by atoms with Gasteiger partial charge in [-0.15, -0.1) is 0 Å². The number of halogens is 1. The first-order valence-electron chi connectivity index (χ1n) is 20.6. The van der Waals surface area contributed by atoms with Crippen LogP contribution in [0.25, 0.3) is 0 Å². The summed E-state index contributed by atoms with van der Waals surface area (Å²) in [7, 11) is 0. The van der Waals surface area contributed by atoms with Crippen molar-refractivity contribution in [2.75, 3.05) is 6.61 Å². The van der Waals surface area contributed by atoms with E-state index in [9.17, 15) is 43.7 Å². The lowest BCUT2D eigenvalue weighted by Gasteiger charge is -2.67. The zero-order valence-electron chi connectivity index (χ0n) is 35.5. The van der Waals surface area contributed by atoms with Crippen molar-refractivity contribution < 1.29 is 72.2 Å². The van der Waals surface area contributed by atoms with Crippen LogP contribution in [0.1, 0.15) is 86.7 Å². The van der Waals surface area contributed by atoms with Gasteiger partial charge in [-0.3, -0.25) is 19.2 Å². The second-order valence-corrected chi connectivity index (χ2v) is 17.5. The Hall–Kier alpha value is -5.81. The zero-order chi connectivity index (χ0) is 45.8. The number of carbonyl (C=O) groups excluding carboxylic acids is 6. The van der Waals surface area contributed by atoms with E-state index in [1.165, 1.54) is 27.7 Å². The zero-order valence-corrected chi connectivity index (χ0v) is 35.5. The van der Waals surface area contributed by atoms with E-state index in [0.717, 1.165) is 38.1 Å². The number of amides is 1. The Morgan fingerprint density at radius 1 is 0.857 bits per heavy atom. The summed E-state index contributed by atoms with van der Waals surface area (Å²) in [5.41, 5.74) is -7.65. The van der Waals surface area contributed by atoms with Gasteiger partial charge in [0.25, 0.3) is 5.91 Å². The van der Waals surface area contributed by atoms with Crippen molar-refractivity contribution >= 4 is 35.6 Å². The normalized spacial score (nSPS) is 31.6. The van der Waals surface area contributed by atoms with Crippen LogP contribution in [0, 0.1) is 22.6 Å². The van der Waals surface area contributed by atoms with Gasteiger partial charge in [0.05, 0.1) is 35.6 Å². The van der Waals surface area contributed by atoms with Crippen LogP contribution in [0.5, 0.6) is 0 Å². The number of fused-ring (bicyclic) bond motifs is 5.